The van der Waals surface area contributed by atoms with Crippen molar-refractivity contribution < 1.29 is 0 Å². The standard InChI is InChI=1S/C13H15N3S2/c14-12(17)6-8-16(10-13-15-7-9-18-13)11-4-2-1-3-5-11/h1-5,7,9H,6,8,10H2,(H2,14,17). The van der Waals surface area contributed by atoms with E-state index in [1.807, 2.05) is 29.8 Å². The first-order valence-electron chi connectivity index (χ1n) is 5.72. The molecule has 0 spiro atoms. The third-order valence-electron chi connectivity index (χ3n) is 2.56. The third-order valence-corrected chi connectivity index (χ3v) is 3.53. The number of thiazole rings is 1. The number of para-hydroxylation sites is 1. The van der Waals surface area contributed by atoms with E-state index in [9.17, 15) is 0 Å². The molecule has 5 heteroatoms. The number of thiocarbonyl (C=S) groups is 1. The highest BCUT2D eigenvalue weighted by atomic mass is 32.1. The van der Waals surface area contributed by atoms with Crippen LogP contribution in [0.3, 0.4) is 0 Å². The lowest BCUT2D eigenvalue weighted by Gasteiger charge is -2.23. The summed E-state index contributed by atoms with van der Waals surface area (Å²) in [6.45, 7) is 1.61. The fourth-order valence-electron chi connectivity index (χ4n) is 1.68. The average Bonchev–Trinajstić information content (AvgIpc) is 2.88. The zero-order chi connectivity index (χ0) is 12.8. The molecule has 94 valence electrons. The third kappa shape index (κ3) is 3.78. The van der Waals surface area contributed by atoms with Gasteiger partial charge in [-0.2, -0.15) is 0 Å². The Morgan fingerprint density at radius 1 is 1.33 bits per heavy atom. The highest BCUT2D eigenvalue weighted by Crippen LogP contribution is 2.18. The Labute approximate surface area is 116 Å². The molecular formula is C13H15N3S2. The van der Waals surface area contributed by atoms with Crippen LogP contribution in [0.1, 0.15) is 11.4 Å². The topological polar surface area (TPSA) is 42.1 Å². The van der Waals surface area contributed by atoms with Crippen LogP contribution in [0.4, 0.5) is 5.69 Å². The van der Waals surface area contributed by atoms with Gasteiger partial charge in [-0.1, -0.05) is 30.4 Å². The summed E-state index contributed by atoms with van der Waals surface area (Å²) >= 11 is 6.61. The smallest absolute Gasteiger partial charge is 0.112 e. The average molecular weight is 277 g/mol. The normalized spacial score (nSPS) is 10.2. The van der Waals surface area contributed by atoms with Gasteiger partial charge in [0, 0.05) is 30.2 Å². The van der Waals surface area contributed by atoms with Crippen LogP contribution >= 0.6 is 23.6 Å². The molecule has 0 fully saturated rings. The van der Waals surface area contributed by atoms with E-state index < -0.39 is 0 Å². The van der Waals surface area contributed by atoms with E-state index in [0.29, 0.717) is 4.99 Å². The predicted octanol–water partition coefficient (Wildman–Crippen LogP) is 2.83. The summed E-state index contributed by atoms with van der Waals surface area (Å²) < 4.78 is 0. The maximum Gasteiger partial charge on any atom is 0.112 e. The van der Waals surface area contributed by atoms with Crippen molar-refractivity contribution in [3.05, 3.63) is 46.9 Å². The van der Waals surface area contributed by atoms with Crippen molar-refractivity contribution in [2.24, 2.45) is 5.73 Å². The molecule has 2 N–H and O–H groups in total. The van der Waals surface area contributed by atoms with Crippen LogP contribution in [-0.2, 0) is 6.54 Å². The number of nitrogens with two attached hydrogens (primary N) is 1. The van der Waals surface area contributed by atoms with Gasteiger partial charge >= 0.3 is 0 Å². The van der Waals surface area contributed by atoms with E-state index in [-0.39, 0.29) is 0 Å². The summed E-state index contributed by atoms with van der Waals surface area (Å²) in [4.78, 5) is 7.12. The summed E-state index contributed by atoms with van der Waals surface area (Å²) in [5.41, 5.74) is 6.75. The quantitative estimate of drug-likeness (QED) is 0.825. The minimum Gasteiger partial charge on any atom is -0.393 e. The molecule has 1 heterocycles. The Balaban J connectivity index is 2.10. The van der Waals surface area contributed by atoms with Gasteiger partial charge in [0.1, 0.15) is 5.01 Å². The largest absolute Gasteiger partial charge is 0.393 e. The van der Waals surface area contributed by atoms with E-state index in [4.69, 9.17) is 18.0 Å². The number of anilines is 1. The zero-order valence-corrected chi connectivity index (χ0v) is 11.6. The molecule has 0 bridgehead atoms. The molecule has 3 nitrogen and oxygen atoms in total. The fourth-order valence-corrected chi connectivity index (χ4v) is 2.40. The monoisotopic (exact) mass is 277 g/mol. The van der Waals surface area contributed by atoms with Crippen LogP contribution < -0.4 is 10.6 Å². The minimum atomic E-state index is 0.551. The molecule has 1 aromatic heterocycles. The second-order valence-electron chi connectivity index (χ2n) is 3.90. The number of hydrogen-bond donors (Lipinski definition) is 1. The maximum atomic E-state index is 5.58. The summed E-state index contributed by atoms with van der Waals surface area (Å²) in [7, 11) is 0. The second kappa shape index (κ2) is 6.47. The van der Waals surface area contributed by atoms with Gasteiger partial charge in [0.15, 0.2) is 0 Å². The van der Waals surface area contributed by atoms with Crippen LogP contribution in [0.5, 0.6) is 0 Å². The molecule has 2 aromatic rings. The molecule has 0 amide bonds. The van der Waals surface area contributed by atoms with Crippen molar-refractivity contribution in [1.82, 2.24) is 4.98 Å². The lowest BCUT2D eigenvalue weighted by Crippen LogP contribution is -2.27. The summed E-state index contributed by atoms with van der Waals surface area (Å²) in [6, 6.07) is 10.3. The minimum absolute atomic E-state index is 0.551. The van der Waals surface area contributed by atoms with Crippen LogP contribution in [0.25, 0.3) is 0 Å². The number of hydrogen-bond acceptors (Lipinski definition) is 4. The molecule has 0 atom stereocenters. The van der Waals surface area contributed by atoms with Gasteiger partial charge in [0.05, 0.1) is 11.5 Å². The molecule has 0 saturated heterocycles. The van der Waals surface area contributed by atoms with Gasteiger partial charge < -0.3 is 10.6 Å². The molecule has 1 aromatic carbocycles. The van der Waals surface area contributed by atoms with Crippen LogP contribution in [-0.4, -0.2) is 16.5 Å². The Hall–Kier alpha value is -1.46. The zero-order valence-electron chi connectivity index (χ0n) is 9.95. The van der Waals surface area contributed by atoms with Gasteiger partial charge in [0.25, 0.3) is 0 Å². The Bertz CT molecular complexity index is 482. The van der Waals surface area contributed by atoms with Crippen molar-refractivity contribution in [3.8, 4) is 0 Å². The lowest BCUT2D eigenvalue weighted by molar-refractivity contribution is 0.801. The number of rotatable bonds is 6. The predicted molar refractivity (Wildman–Crippen MR) is 81.0 cm³/mol. The summed E-state index contributed by atoms with van der Waals surface area (Å²) in [6.07, 6.45) is 2.55. The van der Waals surface area contributed by atoms with E-state index in [1.165, 1.54) is 5.69 Å². The summed E-state index contributed by atoms with van der Waals surface area (Å²) in [5.74, 6) is 0. The molecule has 0 radical (unpaired) electrons. The first-order valence-corrected chi connectivity index (χ1v) is 7.01. The van der Waals surface area contributed by atoms with E-state index >= 15 is 0 Å². The Morgan fingerprint density at radius 2 is 2.11 bits per heavy atom. The van der Waals surface area contributed by atoms with Crippen molar-refractivity contribution in [2.75, 3.05) is 11.4 Å². The van der Waals surface area contributed by atoms with Gasteiger partial charge in [-0.25, -0.2) is 4.98 Å². The van der Waals surface area contributed by atoms with Crippen LogP contribution in [0.2, 0.25) is 0 Å². The van der Waals surface area contributed by atoms with Gasteiger partial charge in [-0.3, -0.25) is 0 Å². The van der Waals surface area contributed by atoms with Gasteiger partial charge in [-0.15, -0.1) is 11.3 Å². The highest BCUT2D eigenvalue weighted by molar-refractivity contribution is 7.80. The van der Waals surface area contributed by atoms with Gasteiger partial charge in [0.2, 0.25) is 0 Å². The molecule has 2 rings (SSSR count). The van der Waals surface area contributed by atoms with Crippen LogP contribution in [0.15, 0.2) is 41.9 Å². The fraction of sp³-hybridized carbons (Fsp3) is 0.231. The van der Waals surface area contributed by atoms with Crippen molar-refractivity contribution in [3.63, 3.8) is 0 Å². The number of aromatic nitrogens is 1. The van der Waals surface area contributed by atoms with Crippen LogP contribution in [0, 0.1) is 0 Å². The Kier molecular flexibility index (Phi) is 4.66. The number of nitrogens with zero attached hydrogens (tertiary/aromatic N) is 2. The highest BCUT2D eigenvalue weighted by Gasteiger charge is 2.08. The first kappa shape index (κ1) is 13.0. The van der Waals surface area contributed by atoms with E-state index in [0.717, 1.165) is 24.5 Å². The molecule has 0 aliphatic carbocycles. The number of benzene rings is 1. The lowest BCUT2D eigenvalue weighted by atomic mass is 10.2. The molecule has 0 saturated carbocycles. The molecule has 18 heavy (non-hydrogen) atoms. The molecule has 0 unspecified atom stereocenters. The van der Waals surface area contributed by atoms with Gasteiger partial charge in [-0.05, 0) is 12.1 Å². The molecular weight excluding hydrogens is 262 g/mol. The van der Waals surface area contributed by atoms with Crippen molar-refractivity contribution in [2.45, 2.75) is 13.0 Å². The second-order valence-corrected chi connectivity index (χ2v) is 5.40. The molecule has 0 aliphatic heterocycles. The first-order chi connectivity index (χ1) is 8.75. The SMILES string of the molecule is NC(=S)CCN(Cc1nccs1)c1ccccc1. The molecule has 0 aliphatic rings. The summed E-state index contributed by atoms with van der Waals surface area (Å²) in [5, 5.41) is 3.09. The van der Waals surface area contributed by atoms with Crippen molar-refractivity contribution in [1.29, 1.82) is 0 Å². The van der Waals surface area contributed by atoms with E-state index in [2.05, 4.69) is 22.0 Å². The Morgan fingerprint density at radius 3 is 2.72 bits per heavy atom. The van der Waals surface area contributed by atoms with Crippen molar-refractivity contribution >= 4 is 34.2 Å². The van der Waals surface area contributed by atoms with E-state index in [1.54, 1.807) is 11.3 Å². The maximum absolute atomic E-state index is 5.58.